The van der Waals surface area contributed by atoms with Crippen LogP contribution in [-0.2, 0) is 14.4 Å². The van der Waals surface area contributed by atoms with Crippen LogP contribution in [0.2, 0.25) is 0 Å². The lowest BCUT2D eigenvalue weighted by atomic mass is 9.96. The van der Waals surface area contributed by atoms with Crippen molar-refractivity contribution in [1.82, 2.24) is 19.9 Å². The van der Waals surface area contributed by atoms with Crippen molar-refractivity contribution in [1.29, 1.82) is 0 Å². The van der Waals surface area contributed by atoms with Crippen molar-refractivity contribution < 1.29 is 19.5 Å². The summed E-state index contributed by atoms with van der Waals surface area (Å²) in [5.41, 5.74) is 7.16. The first-order valence-electron chi connectivity index (χ1n) is 16.3. The molecule has 0 spiro atoms. The molecule has 0 bridgehead atoms. The highest BCUT2D eigenvalue weighted by Gasteiger charge is 2.26. The number of phenolic OH excluding ortho intramolecular Hbond substituents is 1. The third kappa shape index (κ3) is 6.83. The number of benzene rings is 4. The fraction of sp³-hybridized carbons (Fsp3) is 0.158. The molecule has 3 aromatic carbocycles. The lowest BCUT2D eigenvalue weighted by Gasteiger charge is -2.25. The van der Waals surface area contributed by atoms with Crippen molar-refractivity contribution >= 4 is 74.2 Å². The van der Waals surface area contributed by atoms with Gasteiger partial charge >= 0.3 is 0 Å². The van der Waals surface area contributed by atoms with Crippen LogP contribution in [0.4, 0.5) is 10.8 Å². The second-order valence-corrected chi connectivity index (χ2v) is 13.2. The van der Waals surface area contributed by atoms with E-state index in [-0.39, 0.29) is 34.1 Å². The highest BCUT2D eigenvalue weighted by Crippen LogP contribution is 2.32. The third-order valence-corrected chi connectivity index (χ3v) is 9.62. The summed E-state index contributed by atoms with van der Waals surface area (Å²) in [6.07, 6.45) is 4.02. The van der Waals surface area contributed by atoms with E-state index in [1.807, 2.05) is 98.8 Å². The topological polar surface area (TPSA) is 155 Å². The van der Waals surface area contributed by atoms with E-state index in [0.29, 0.717) is 11.0 Å². The Morgan fingerprint density at radius 3 is 2.62 bits per heavy atom. The number of thiazole rings is 1. The average molecular weight is 733 g/mol. The van der Waals surface area contributed by atoms with E-state index in [1.165, 1.54) is 7.11 Å². The predicted octanol–water partition coefficient (Wildman–Crippen LogP) is 4.45. The lowest BCUT2D eigenvalue weighted by Crippen LogP contribution is -2.50. The molecular formula is C38H33ClN8O4S. The zero-order chi connectivity index (χ0) is 36.4. The minimum absolute atomic E-state index is 0.0458. The average Bonchev–Trinajstić information content (AvgIpc) is 3.61. The van der Waals surface area contributed by atoms with Gasteiger partial charge in [0.15, 0.2) is 10.8 Å². The third-order valence-electron chi connectivity index (χ3n) is 8.62. The van der Waals surface area contributed by atoms with Gasteiger partial charge in [0.1, 0.15) is 30.1 Å². The standard InChI is InChI=1S/C38H33ClN8O4S/c1-21-15-28-31(17-26(21)41-37(50)36(46-51-3)30-20-52-38(42-30)43-34(49)19-39)47(24-10-5-4-6-11-24)32-18-27(22(2)16-29(32)40-28)44-45-35-25-12-8-7-9-23(25)13-14-33(35)48/h4-18,20-21,26,45,48H,19H2,1-3H3,(H,41,50)(H,42,43,49)/b44-27-,46-36-. The van der Waals surface area contributed by atoms with E-state index in [9.17, 15) is 14.7 Å². The quantitative estimate of drug-likeness (QED) is 0.0741. The van der Waals surface area contributed by atoms with Crippen LogP contribution in [0.1, 0.15) is 18.2 Å². The van der Waals surface area contributed by atoms with Gasteiger partial charge in [-0.1, -0.05) is 66.7 Å². The Balaban J connectivity index is 1.31. The highest BCUT2D eigenvalue weighted by atomic mass is 35.5. The van der Waals surface area contributed by atoms with E-state index in [0.717, 1.165) is 55.4 Å². The number of alkyl halides is 1. The number of nitrogens with zero attached hydrogens (tertiary/aromatic N) is 5. The first-order chi connectivity index (χ1) is 25.2. The number of amides is 2. The molecule has 2 amide bonds. The number of hydrogen-bond donors (Lipinski definition) is 4. The van der Waals surface area contributed by atoms with Crippen LogP contribution in [0, 0.1) is 12.8 Å². The van der Waals surface area contributed by atoms with Crippen molar-refractivity contribution in [3.63, 3.8) is 0 Å². The number of fused-ring (bicyclic) bond motifs is 3. The van der Waals surface area contributed by atoms with Crippen LogP contribution >= 0.6 is 22.9 Å². The van der Waals surface area contributed by atoms with E-state index < -0.39 is 17.9 Å². The van der Waals surface area contributed by atoms with Gasteiger partial charge in [-0.15, -0.1) is 22.9 Å². The number of para-hydroxylation sites is 1. The van der Waals surface area contributed by atoms with Crippen molar-refractivity contribution in [3.05, 3.63) is 112 Å². The molecule has 52 heavy (non-hydrogen) atoms. The summed E-state index contributed by atoms with van der Waals surface area (Å²) in [5, 5.41) is 31.0. The Hall–Kier alpha value is -6.05. The van der Waals surface area contributed by atoms with E-state index in [1.54, 1.807) is 11.4 Å². The molecule has 1 aromatic heterocycles. The van der Waals surface area contributed by atoms with E-state index in [4.69, 9.17) is 26.5 Å². The first-order valence-corrected chi connectivity index (χ1v) is 17.7. The smallest absolute Gasteiger partial charge is 0.276 e. The number of phenols is 1. The predicted molar refractivity (Wildman–Crippen MR) is 204 cm³/mol. The Labute approximate surface area is 306 Å². The maximum absolute atomic E-state index is 13.7. The summed E-state index contributed by atoms with van der Waals surface area (Å²) in [6, 6.07) is 24.7. The molecule has 3 aliphatic rings. The molecule has 1 aliphatic heterocycles. The maximum atomic E-state index is 13.7. The van der Waals surface area contributed by atoms with Crippen molar-refractivity contribution in [3.8, 4) is 22.8 Å². The van der Waals surface area contributed by atoms with Crippen LogP contribution in [-0.4, -0.2) is 56.2 Å². The normalized spacial score (nSPS) is 15.8. The van der Waals surface area contributed by atoms with Crippen molar-refractivity contribution in [2.75, 3.05) is 23.7 Å². The molecule has 12 nitrogen and oxygen atoms in total. The Morgan fingerprint density at radius 2 is 1.83 bits per heavy atom. The maximum Gasteiger partial charge on any atom is 0.276 e. The highest BCUT2D eigenvalue weighted by molar-refractivity contribution is 7.14. The molecule has 4 N–H and O–H groups in total. The molecule has 2 unspecified atom stereocenters. The van der Waals surface area contributed by atoms with Gasteiger partial charge in [-0.05, 0) is 54.3 Å². The van der Waals surface area contributed by atoms with Gasteiger partial charge in [0, 0.05) is 22.4 Å². The Kier molecular flexibility index (Phi) is 9.70. The second kappa shape index (κ2) is 14.7. The summed E-state index contributed by atoms with van der Waals surface area (Å²) >= 11 is 6.75. The van der Waals surface area contributed by atoms with Gasteiger partial charge in [-0.3, -0.25) is 15.0 Å². The molecule has 262 valence electrons. The van der Waals surface area contributed by atoms with E-state index in [2.05, 4.69) is 30.8 Å². The number of oxime groups is 1. The summed E-state index contributed by atoms with van der Waals surface area (Å²) < 4.78 is 2.10. The van der Waals surface area contributed by atoms with Gasteiger partial charge in [-0.2, -0.15) is 5.10 Å². The van der Waals surface area contributed by atoms with Crippen LogP contribution in [0.25, 0.3) is 40.0 Å². The molecule has 0 saturated heterocycles. The number of aryl methyl sites for hydroxylation is 1. The summed E-state index contributed by atoms with van der Waals surface area (Å²) in [6.45, 7) is 3.97. The fourth-order valence-electron chi connectivity index (χ4n) is 6.08. The summed E-state index contributed by atoms with van der Waals surface area (Å²) in [4.78, 5) is 39.9. The van der Waals surface area contributed by atoms with Gasteiger partial charge < -0.3 is 25.1 Å². The number of aromatic nitrogens is 3. The van der Waals surface area contributed by atoms with Gasteiger partial charge in [0.05, 0.1) is 33.5 Å². The number of carbonyl (C=O) groups excluding carboxylic acids is 2. The minimum atomic E-state index is -0.508. The second-order valence-electron chi connectivity index (χ2n) is 12.1. The molecule has 2 heterocycles. The molecule has 2 aliphatic carbocycles. The molecule has 0 fully saturated rings. The molecule has 4 aromatic rings. The molecule has 7 rings (SSSR count). The van der Waals surface area contributed by atoms with Crippen LogP contribution in [0.5, 0.6) is 5.75 Å². The SMILES string of the molecule is CO/N=C(\C(=O)NC1C=c2c(nc3cc(C)/c(=N\Nc4c(O)ccc5ccccc45)cc-3n2-c2ccccc2)=CC1C)c1csc(NC(=O)CCl)n1. The summed E-state index contributed by atoms with van der Waals surface area (Å²) in [7, 11) is 1.34. The number of halogens is 1. The minimum Gasteiger partial charge on any atom is -0.506 e. The molecule has 2 atom stereocenters. The number of nitrogens with one attached hydrogen (secondary N) is 3. The van der Waals surface area contributed by atoms with Gasteiger partial charge in [0.2, 0.25) is 5.91 Å². The van der Waals surface area contributed by atoms with Gasteiger partial charge in [-0.25, -0.2) is 9.97 Å². The monoisotopic (exact) mass is 732 g/mol. The van der Waals surface area contributed by atoms with E-state index >= 15 is 0 Å². The molecule has 0 saturated carbocycles. The number of rotatable bonds is 9. The zero-order valence-corrected chi connectivity index (χ0v) is 29.9. The number of aromatic hydroxyl groups is 1. The molecular weight excluding hydrogens is 700 g/mol. The number of hydrogen-bond acceptors (Lipinski definition) is 10. The van der Waals surface area contributed by atoms with Crippen LogP contribution < -0.4 is 32.1 Å². The van der Waals surface area contributed by atoms with Crippen LogP contribution in [0.15, 0.2) is 94.5 Å². The number of carbonyl (C=O) groups is 2. The van der Waals surface area contributed by atoms with Crippen molar-refractivity contribution in [2.24, 2.45) is 16.2 Å². The lowest BCUT2D eigenvalue weighted by molar-refractivity contribution is -0.115. The van der Waals surface area contributed by atoms with Crippen molar-refractivity contribution in [2.45, 2.75) is 19.9 Å². The fourth-order valence-corrected chi connectivity index (χ4v) is 6.86. The molecule has 0 radical (unpaired) electrons. The Morgan fingerprint density at radius 1 is 1.04 bits per heavy atom. The van der Waals surface area contributed by atoms with Crippen LogP contribution in [0.3, 0.4) is 0 Å². The molecule has 14 heteroatoms. The van der Waals surface area contributed by atoms with Gasteiger partial charge in [0.25, 0.3) is 5.91 Å². The Bertz CT molecular complexity index is 2530. The zero-order valence-electron chi connectivity index (χ0n) is 28.3. The summed E-state index contributed by atoms with van der Waals surface area (Å²) in [5.74, 6) is -1.20. The first kappa shape index (κ1) is 34.4. The number of anilines is 2. The largest absolute Gasteiger partial charge is 0.506 e.